The van der Waals surface area contributed by atoms with Crippen LogP contribution in [0.25, 0.3) is 0 Å². The first-order valence-electron chi connectivity index (χ1n) is 9.39. The minimum absolute atomic E-state index is 0.0670. The molecule has 1 heterocycles. The first-order chi connectivity index (χ1) is 14.8. The van der Waals surface area contributed by atoms with Crippen LogP contribution in [0, 0.1) is 17.5 Å². The summed E-state index contributed by atoms with van der Waals surface area (Å²) in [4.78, 5) is 12.4. The molecule has 160 valence electrons. The van der Waals surface area contributed by atoms with Gasteiger partial charge in [-0.1, -0.05) is 30.3 Å². The number of hydrogen-bond donors (Lipinski definition) is 1. The number of rotatable bonds is 4. The van der Waals surface area contributed by atoms with Crippen molar-refractivity contribution in [2.45, 2.75) is 17.9 Å². The normalized spacial score (nSPS) is 14.2. The van der Waals surface area contributed by atoms with Crippen molar-refractivity contribution in [3.8, 4) is 0 Å². The van der Waals surface area contributed by atoms with Crippen molar-refractivity contribution in [1.29, 1.82) is 0 Å². The van der Waals surface area contributed by atoms with Gasteiger partial charge in [-0.25, -0.2) is 21.6 Å². The van der Waals surface area contributed by atoms with Crippen LogP contribution in [0.3, 0.4) is 0 Å². The third kappa shape index (κ3) is 4.06. The zero-order valence-corrected chi connectivity index (χ0v) is 16.9. The molecule has 0 bridgehead atoms. The van der Waals surface area contributed by atoms with E-state index in [0.717, 1.165) is 17.2 Å². The summed E-state index contributed by atoms with van der Waals surface area (Å²) in [5.74, 6) is -5.48. The molecule has 0 saturated heterocycles. The molecule has 3 aromatic carbocycles. The second kappa shape index (κ2) is 8.16. The lowest BCUT2D eigenvalue weighted by molar-refractivity contribution is 0.102. The quantitative estimate of drug-likeness (QED) is 0.614. The highest BCUT2D eigenvalue weighted by molar-refractivity contribution is 7.89. The number of halogens is 3. The van der Waals surface area contributed by atoms with Crippen LogP contribution in [-0.4, -0.2) is 25.2 Å². The second-order valence-electron chi connectivity index (χ2n) is 7.06. The van der Waals surface area contributed by atoms with E-state index in [1.165, 1.54) is 28.6 Å². The molecule has 1 aliphatic heterocycles. The monoisotopic (exact) mass is 446 g/mol. The highest BCUT2D eigenvalue weighted by Crippen LogP contribution is 2.26. The van der Waals surface area contributed by atoms with Crippen LogP contribution < -0.4 is 5.32 Å². The van der Waals surface area contributed by atoms with Crippen molar-refractivity contribution in [1.82, 2.24) is 4.31 Å². The number of sulfonamides is 1. The third-order valence-corrected chi connectivity index (χ3v) is 6.95. The molecule has 0 saturated carbocycles. The number of anilines is 1. The fraction of sp³-hybridized carbons (Fsp3) is 0.136. The molecule has 0 aliphatic carbocycles. The van der Waals surface area contributed by atoms with Crippen LogP contribution in [0.4, 0.5) is 18.9 Å². The summed E-state index contributed by atoms with van der Waals surface area (Å²) in [7, 11) is -3.88. The number of nitrogens with one attached hydrogen (secondary N) is 1. The highest BCUT2D eigenvalue weighted by atomic mass is 32.2. The van der Waals surface area contributed by atoms with Gasteiger partial charge in [-0.15, -0.1) is 0 Å². The Morgan fingerprint density at radius 1 is 0.903 bits per heavy atom. The van der Waals surface area contributed by atoms with Gasteiger partial charge in [-0.05, 0) is 47.9 Å². The van der Waals surface area contributed by atoms with Gasteiger partial charge in [0.15, 0.2) is 17.5 Å². The maximum absolute atomic E-state index is 13.8. The molecule has 0 fully saturated rings. The summed E-state index contributed by atoms with van der Waals surface area (Å²) in [5, 5.41) is 2.14. The summed E-state index contributed by atoms with van der Waals surface area (Å²) >= 11 is 0. The SMILES string of the molecule is O=C(Nc1ccc(F)c(F)c1F)c1cccc(S(=O)(=O)N2CCc3ccccc3C2)c1. The summed E-state index contributed by atoms with van der Waals surface area (Å²) in [5.41, 5.74) is 1.39. The lowest BCUT2D eigenvalue weighted by Crippen LogP contribution is -2.36. The van der Waals surface area contributed by atoms with E-state index in [1.807, 2.05) is 24.3 Å². The van der Waals surface area contributed by atoms with E-state index in [9.17, 15) is 26.4 Å². The Morgan fingerprint density at radius 2 is 1.65 bits per heavy atom. The van der Waals surface area contributed by atoms with Crippen LogP contribution in [0.5, 0.6) is 0 Å². The average molecular weight is 446 g/mol. The minimum atomic E-state index is -3.88. The Labute approximate surface area is 177 Å². The van der Waals surface area contributed by atoms with Crippen LogP contribution in [0.15, 0.2) is 65.6 Å². The van der Waals surface area contributed by atoms with Crippen molar-refractivity contribution in [2.75, 3.05) is 11.9 Å². The predicted molar refractivity (Wildman–Crippen MR) is 108 cm³/mol. The summed E-state index contributed by atoms with van der Waals surface area (Å²) in [6, 6.07) is 14.4. The molecule has 9 heteroatoms. The highest BCUT2D eigenvalue weighted by Gasteiger charge is 2.28. The zero-order chi connectivity index (χ0) is 22.2. The van der Waals surface area contributed by atoms with E-state index >= 15 is 0 Å². The number of nitrogens with zero attached hydrogens (tertiary/aromatic N) is 1. The molecule has 0 spiro atoms. The largest absolute Gasteiger partial charge is 0.319 e. The molecule has 0 atom stereocenters. The molecule has 1 aliphatic rings. The van der Waals surface area contributed by atoms with E-state index in [1.54, 1.807) is 0 Å². The van der Waals surface area contributed by atoms with Crippen LogP contribution in [0.2, 0.25) is 0 Å². The van der Waals surface area contributed by atoms with Crippen molar-refractivity contribution in [3.63, 3.8) is 0 Å². The molecule has 3 aromatic rings. The van der Waals surface area contributed by atoms with Gasteiger partial charge in [0.05, 0.1) is 10.6 Å². The maximum Gasteiger partial charge on any atom is 0.255 e. The predicted octanol–water partition coefficient (Wildman–Crippen LogP) is 4.10. The number of benzene rings is 3. The number of amides is 1. The van der Waals surface area contributed by atoms with Gasteiger partial charge in [0, 0.05) is 18.7 Å². The van der Waals surface area contributed by atoms with E-state index < -0.39 is 39.1 Å². The van der Waals surface area contributed by atoms with Crippen LogP contribution >= 0.6 is 0 Å². The number of carbonyl (C=O) groups is 1. The van der Waals surface area contributed by atoms with E-state index in [4.69, 9.17) is 0 Å². The van der Waals surface area contributed by atoms with Gasteiger partial charge in [-0.2, -0.15) is 4.31 Å². The topological polar surface area (TPSA) is 66.5 Å². The van der Waals surface area contributed by atoms with Gasteiger partial charge >= 0.3 is 0 Å². The van der Waals surface area contributed by atoms with Crippen LogP contribution in [-0.2, 0) is 23.0 Å². The second-order valence-corrected chi connectivity index (χ2v) is 9.00. The standard InChI is InChI=1S/C22H17F3N2O3S/c23-18-8-9-19(21(25)20(18)24)26-22(28)15-6-3-7-17(12-15)31(29,30)27-11-10-14-4-1-2-5-16(14)13-27/h1-9,12H,10-11,13H2,(H,26,28). The molecular formula is C22H17F3N2O3S. The Kier molecular flexibility index (Phi) is 5.55. The fourth-order valence-corrected chi connectivity index (χ4v) is 4.90. The van der Waals surface area contributed by atoms with E-state index in [-0.39, 0.29) is 17.0 Å². The molecular weight excluding hydrogens is 429 g/mol. The van der Waals surface area contributed by atoms with Crippen molar-refractivity contribution in [2.24, 2.45) is 0 Å². The van der Waals surface area contributed by atoms with E-state index in [2.05, 4.69) is 5.32 Å². The number of carbonyl (C=O) groups excluding carboxylic acids is 1. The maximum atomic E-state index is 13.8. The first-order valence-corrected chi connectivity index (χ1v) is 10.8. The Hall–Kier alpha value is -3.17. The van der Waals surface area contributed by atoms with E-state index in [0.29, 0.717) is 19.0 Å². The lowest BCUT2D eigenvalue weighted by atomic mass is 10.0. The number of fused-ring (bicyclic) bond motifs is 1. The van der Waals surface area contributed by atoms with Gasteiger partial charge in [0.1, 0.15) is 0 Å². The van der Waals surface area contributed by atoms with Crippen molar-refractivity contribution >= 4 is 21.6 Å². The molecule has 4 rings (SSSR count). The molecule has 5 nitrogen and oxygen atoms in total. The van der Waals surface area contributed by atoms with Gasteiger partial charge < -0.3 is 5.32 Å². The van der Waals surface area contributed by atoms with Gasteiger partial charge in [-0.3, -0.25) is 4.79 Å². The van der Waals surface area contributed by atoms with Crippen LogP contribution in [0.1, 0.15) is 21.5 Å². The molecule has 0 radical (unpaired) electrons. The molecule has 0 unspecified atom stereocenters. The molecule has 1 amide bonds. The Balaban J connectivity index is 1.58. The third-order valence-electron chi connectivity index (χ3n) is 5.11. The lowest BCUT2D eigenvalue weighted by Gasteiger charge is -2.28. The Morgan fingerprint density at radius 3 is 2.42 bits per heavy atom. The number of hydrogen-bond acceptors (Lipinski definition) is 3. The minimum Gasteiger partial charge on any atom is -0.319 e. The smallest absolute Gasteiger partial charge is 0.255 e. The Bertz CT molecular complexity index is 1280. The van der Waals surface area contributed by atoms with Gasteiger partial charge in [0.25, 0.3) is 5.91 Å². The fourth-order valence-electron chi connectivity index (χ4n) is 3.44. The summed E-state index contributed by atoms with van der Waals surface area (Å²) in [6.45, 7) is 0.519. The average Bonchev–Trinajstić information content (AvgIpc) is 2.79. The zero-order valence-electron chi connectivity index (χ0n) is 16.1. The molecule has 31 heavy (non-hydrogen) atoms. The van der Waals surface area contributed by atoms with Crippen molar-refractivity contribution in [3.05, 3.63) is 94.8 Å². The summed E-state index contributed by atoms with van der Waals surface area (Å²) < 4.78 is 67.9. The molecule has 1 N–H and O–H groups in total. The summed E-state index contributed by atoms with van der Waals surface area (Å²) in [6.07, 6.45) is 0.574. The first kappa shape index (κ1) is 21.1. The van der Waals surface area contributed by atoms with Crippen molar-refractivity contribution < 1.29 is 26.4 Å². The van der Waals surface area contributed by atoms with Gasteiger partial charge in [0.2, 0.25) is 10.0 Å². The molecule has 0 aromatic heterocycles.